The number of urea groups is 1. The third-order valence-corrected chi connectivity index (χ3v) is 6.31. The van der Waals surface area contributed by atoms with E-state index in [0.717, 1.165) is 22.3 Å². The number of rotatable bonds is 6. The van der Waals surface area contributed by atoms with E-state index in [1.54, 1.807) is 30.3 Å². The molecular weight excluding hydrogens is 406 g/mol. The van der Waals surface area contributed by atoms with Gasteiger partial charge in [-0.3, -0.25) is 0 Å². The Morgan fingerprint density at radius 3 is 2.03 bits per heavy atom. The summed E-state index contributed by atoms with van der Waals surface area (Å²) in [5.74, 6) is -0.563. The topological polar surface area (TPSA) is 32.3 Å². The van der Waals surface area contributed by atoms with E-state index in [1.807, 2.05) is 36.1 Å². The number of hydrogen-bond donors (Lipinski definition) is 1. The summed E-state index contributed by atoms with van der Waals surface area (Å²) in [4.78, 5) is 14.9. The van der Waals surface area contributed by atoms with Crippen LogP contribution in [0.25, 0.3) is 11.1 Å². The first-order valence-electron chi connectivity index (χ1n) is 10.7. The molecule has 1 aliphatic rings. The largest absolute Gasteiger partial charge is 0.328 e. The van der Waals surface area contributed by atoms with Crippen LogP contribution in [-0.4, -0.2) is 17.5 Å². The molecule has 0 saturated carbocycles. The van der Waals surface area contributed by atoms with Crippen LogP contribution in [0.3, 0.4) is 0 Å². The fourth-order valence-corrected chi connectivity index (χ4v) is 4.40. The second-order valence-corrected chi connectivity index (χ2v) is 8.26. The van der Waals surface area contributed by atoms with E-state index in [0.29, 0.717) is 19.4 Å². The minimum Gasteiger partial charge on any atom is -0.328 e. The molecule has 2 amide bonds. The quantitative estimate of drug-likeness (QED) is 0.439. The number of benzene rings is 3. The van der Waals surface area contributed by atoms with Crippen molar-refractivity contribution in [3.8, 4) is 11.1 Å². The van der Waals surface area contributed by atoms with E-state index >= 15 is 0 Å². The molecule has 3 aromatic carbocycles. The number of carbonyl (C=O) groups is 1. The number of halogens is 2. The summed E-state index contributed by atoms with van der Waals surface area (Å²) in [5.41, 5.74) is 3.24. The Hall–Kier alpha value is -3.47. The highest BCUT2D eigenvalue weighted by atomic mass is 19.1. The van der Waals surface area contributed by atoms with Crippen LogP contribution >= 0.6 is 0 Å². The molecule has 0 bridgehead atoms. The molecule has 0 aliphatic carbocycles. The third kappa shape index (κ3) is 4.28. The van der Waals surface area contributed by atoms with Crippen LogP contribution in [0.2, 0.25) is 0 Å². The second kappa shape index (κ2) is 8.95. The SMILES string of the molecule is C=CC[C@]1(c2ccc(F)cc2)CCN([C@@H](C)c2ccc(-c3ccc(F)cc3)cc2)C(=O)N1. The molecule has 1 fully saturated rings. The predicted molar refractivity (Wildman–Crippen MR) is 123 cm³/mol. The first kappa shape index (κ1) is 21.8. The highest BCUT2D eigenvalue weighted by Gasteiger charge is 2.40. The summed E-state index contributed by atoms with van der Waals surface area (Å²) >= 11 is 0. The Bertz CT molecular complexity index is 1090. The molecule has 2 atom stereocenters. The summed E-state index contributed by atoms with van der Waals surface area (Å²) < 4.78 is 26.6. The summed E-state index contributed by atoms with van der Waals surface area (Å²) in [6.07, 6.45) is 3.05. The van der Waals surface area contributed by atoms with Gasteiger partial charge in [0.15, 0.2) is 0 Å². The normalized spacial score (nSPS) is 19.3. The first-order chi connectivity index (χ1) is 15.4. The molecule has 1 saturated heterocycles. The summed E-state index contributed by atoms with van der Waals surface area (Å²) in [7, 11) is 0. The summed E-state index contributed by atoms with van der Waals surface area (Å²) in [5, 5.41) is 3.17. The van der Waals surface area contributed by atoms with Crippen LogP contribution in [0.1, 0.15) is 36.9 Å². The molecule has 32 heavy (non-hydrogen) atoms. The molecule has 1 N–H and O–H groups in total. The molecule has 0 unspecified atom stereocenters. The smallest absolute Gasteiger partial charge is 0.318 e. The van der Waals surface area contributed by atoms with Crippen molar-refractivity contribution in [3.05, 3.63) is 108 Å². The average molecular weight is 433 g/mol. The Morgan fingerprint density at radius 1 is 0.969 bits per heavy atom. The summed E-state index contributed by atoms with van der Waals surface area (Å²) in [6, 6.07) is 20.4. The second-order valence-electron chi connectivity index (χ2n) is 8.26. The van der Waals surface area contributed by atoms with Gasteiger partial charge in [-0.1, -0.05) is 54.6 Å². The molecular formula is C27H26F2N2O. The molecule has 0 aromatic heterocycles. The van der Waals surface area contributed by atoms with Gasteiger partial charge >= 0.3 is 6.03 Å². The van der Waals surface area contributed by atoms with Gasteiger partial charge in [0.05, 0.1) is 11.6 Å². The lowest BCUT2D eigenvalue weighted by molar-refractivity contribution is 0.126. The van der Waals surface area contributed by atoms with Gasteiger partial charge in [-0.15, -0.1) is 6.58 Å². The fourth-order valence-electron chi connectivity index (χ4n) is 4.40. The van der Waals surface area contributed by atoms with Crippen LogP contribution in [0.5, 0.6) is 0 Å². The highest BCUT2D eigenvalue weighted by molar-refractivity contribution is 5.77. The van der Waals surface area contributed by atoms with Crippen molar-refractivity contribution < 1.29 is 13.6 Å². The molecule has 0 spiro atoms. The van der Waals surface area contributed by atoms with E-state index < -0.39 is 5.54 Å². The molecule has 4 rings (SSSR count). The van der Waals surface area contributed by atoms with Crippen LogP contribution in [0.15, 0.2) is 85.5 Å². The fraction of sp³-hybridized carbons (Fsp3) is 0.222. The van der Waals surface area contributed by atoms with Gasteiger partial charge in [0, 0.05) is 6.54 Å². The van der Waals surface area contributed by atoms with Gasteiger partial charge in [0.1, 0.15) is 11.6 Å². The lowest BCUT2D eigenvalue weighted by atomic mass is 9.81. The monoisotopic (exact) mass is 432 g/mol. The molecule has 5 heteroatoms. The van der Waals surface area contributed by atoms with E-state index in [9.17, 15) is 13.6 Å². The number of hydrogen-bond acceptors (Lipinski definition) is 1. The van der Waals surface area contributed by atoms with Crippen molar-refractivity contribution >= 4 is 6.03 Å². The Kier molecular flexibility index (Phi) is 6.08. The highest BCUT2D eigenvalue weighted by Crippen LogP contribution is 2.35. The zero-order chi connectivity index (χ0) is 22.7. The molecule has 0 radical (unpaired) electrons. The average Bonchev–Trinajstić information content (AvgIpc) is 2.80. The summed E-state index contributed by atoms with van der Waals surface area (Å²) in [6.45, 7) is 6.42. The van der Waals surface area contributed by atoms with Crippen LogP contribution in [-0.2, 0) is 5.54 Å². The third-order valence-electron chi connectivity index (χ3n) is 6.31. The molecule has 3 nitrogen and oxygen atoms in total. The lowest BCUT2D eigenvalue weighted by Gasteiger charge is -2.44. The van der Waals surface area contributed by atoms with Gasteiger partial charge in [0.2, 0.25) is 0 Å². The molecule has 1 heterocycles. The zero-order valence-corrected chi connectivity index (χ0v) is 18.0. The number of nitrogens with zero attached hydrogens (tertiary/aromatic N) is 1. The van der Waals surface area contributed by atoms with Crippen molar-refractivity contribution in [1.29, 1.82) is 0 Å². The van der Waals surface area contributed by atoms with Gasteiger partial charge in [-0.2, -0.15) is 0 Å². The maximum absolute atomic E-state index is 13.4. The van der Waals surface area contributed by atoms with Gasteiger partial charge in [-0.05, 0) is 66.3 Å². The van der Waals surface area contributed by atoms with Crippen molar-refractivity contribution in [2.45, 2.75) is 31.3 Å². The van der Waals surface area contributed by atoms with Crippen LogP contribution in [0.4, 0.5) is 13.6 Å². The molecule has 3 aromatic rings. The van der Waals surface area contributed by atoms with Crippen LogP contribution in [0, 0.1) is 11.6 Å². The number of carbonyl (C=O) groups excluding carboxylic acids is 1. The van der Waals surface area contributed by atoms with Gasteiger partial charge in [0.25, 0.3) is 0 Å². The maximum Gasteiger partial charge on any atom is 0.318 e. The van der Waals surface area contributed by atoms with E-state index in [-0.39, 0.29) is 23.7 Å². The maximum atomic E-state index is 13.4. The Balaban J connectivity index is 1.51. The van der Waals surface area contributed by atoms with Crippen LogP contribution < -0.4 is 5.32 Å². The first-order valence-corrected chi connectivity index (χ1v) is 10.7. The molecule has 1 aliphatic heterocycles. The van der Waals surface area contributed by atoms with Crippen molar-refractivity contribution in [3.63, 3.8) is 0 Å². The number of nitrogens with one attached hydrogen (secondary N) is 1. The zero-order valence-electron chi connectivity index (χ0n) is 18.0. The standard InChI is InChI=1S/C27H26F2N2O/c1-3-16-27(23-10-14-25(29)15-11-23)17-18-31(26(32)30-27)19(2)20-4-6-21(7-5-20)22-8-12-24(28)13-9-22/h3-15,19H,1,16-18H2,2H3,(H,30,32)/t19-,27+/m0/s1. The van der Waals surface area contributed by atoms with Gasteiger partial charge in [-0.25, -0.2) is 13.6 Å². The van der Waals surface area contributed by atoms with Crippen molar-refractivity contribution in [2.24, 2.45) is 0 Å². The minimum atomic E-state index is -0.588. The Morgan fingerprint density at radius 2 is 1.50 bits per heavy atom. The van der Waals surface area contributed by atoms with E-state index in [4.69, 9.17) is 0 Å². The predicted octanol–water partition coefficient (Wildman–Crippen LogP) is 6.58. The molecule has 164 valence electrons. The van der Waals surface area contributed by atoms with Gasteiger partial charge < -0.3 is 10.2 Å². The number of amides is 2. The van der Waals surface area contributed by atoms with E-state index in [2.05, 4.69) is 11.9 Å². The van der Waals surface area contributed by atoms with Crippen molar-refractivity contribution in [2.75, 3.05) is 6.54 Å². The van der Waals surface area contributed by atoms with E-state index in [1.165, 1.54) is 24.3 Å². The van der Waals surface area contributed by atoms with Crippen molar-refractivity contribution in [1.82, 2.24) is 10.2 Å². The lowest BCUT2D eigenvalue weighted by Crippen LogP contribution is -2.58. The minimum absolute atomic E-state index is 0.118. The Labute approximate surface area is 187 Å².